The lowest BCUT2D eigenvalue weighted by atomic mass is 9.96. The van der Waals surface area contributed by atoms with Gasteiger partial charge < -0.3 is 14.5 Å². The first-order valence-corrected chi connectivity index (χ1v) is 10.7. The molecule has 0 N–H and O–H groups in total. The van der Waals surface area contributed by atoms with Gasteiger partial charge in [0, 0.05) is 37.7 Å². The van der Waals surface area contributed by atoms with Crippen LogP contribution in [0.5, 0.6) is 5.75 Å². The molecular formula is C23H32N4O2. The zero-order valence-electron chi connectivity index (χ0n) is 17.8. The van der Waals surface area contributed by atoms with Crippen molar-refractivity contribution in [2.24, 2.45) is 5.92 Å². The van der Waals surface area contributed by atoms with E-state index >= 15 is 0 Å². The van der Waals surface area contributed by atoms with Crippen LogP contribution in [-0.4, -0.2) is 54.3 Å². The Hall–Kier alpha value is -2.63. The van der Waals surface area contributed by atoms with E-state index in [4.69, 9.17) is 4.74 Å². The number of benzene rings is 1. The zero-order valence-corrected chi connectivity index (χ0v) is 17.8. The van der Waals surface area contributed by atoms with Crippen molar-refractivity contribution in [1.82, 2.24) is 15.1 Å². The van der Waals surface area contributed by atoms with Crippen molar-refractivity contribution in [1.29, 1.82) is 0 Å². The molecule has 0 bridgehead atoms. The van der Waals surface area contributed by atoms with E-state index in [1.807, 2.05) is 41.3 Å². The number of methoxy groups -OCH3 is 1. The molecule has 1 fully saturated rings. The molecule has 0 unspecified atom stereocenters. The largest absolute Gasteiger partial charge is 0.497 e. The summed E-state index contributed by atoms with van der Waals surface area (Å²) in [5, 5.41) is 8.83. The van der Waals surface area contributed by atoms with Gasteiger partial charge in [-0.25, -0.2) is 0 Å². The van der Waals surface area contributed by atoms with Crippen LogP contribution in [0.15, 0.2) is 36.4 Å². The molecule has 156 valence electrons. The van der Waals surface area contributed by atoms with E-state index in [2.05, 4.69) is 28.9 Å². The molecule has 2 heterocycles. The van der Waals surface area contributed by atoms with Gasteiger partial charge in [-0.15, -0.1) is 10.2 Å². The molecule has 6 heteroatoms. The average Bonchev–Trinajstić information content (AvgIpc) is 2.79. The maximum atomic E-state index is 12.8. The quantitative estimate of drug-likeness (QED) is 0.675. The summed E-state index contributed by atoms with van der Waals surface area (Å²) in [4.78, 5) is 17.1. The maximum absolute atomic E-state index is 12.8. The molecule has 3 rings (SSSR count). The van der Waals surface area contributed by atoms with Crippen molar-refractivity contribution in [2.45, 2.75) is 39.5 Å². The van der Waals surface area contributed by atoms with Gasteiger partial charge in [-0.3, -0.25) is 4.79 Å². The number of anilines is 1. The van der Waals surface area contributed by atoms with E-state index in [-0.39, 0.29) is 5.92 Å². The van der Waals surface area contributed by atoms with Crippen molar-refractivity contribution < 1.29 is 9.53 Å². The molecule has 1 aliphatic heterocycles. The van der Waals surface area contributed by atoms with Gasteiger partial charge >= 0.3 is 0 Å². The van der Waals surface area contributed by atoms with Gasteiger partial charge in [-0.05, 0) is 37.1 Å². The molecule has 1 aromatic heterocycles. The number of nitrogens with zero attached hydrogens (tertiary/aromatic N) is 4. The fourth-order valence-corrected chi connectivity index (χ4v) is 3.93. The number of piperazine rings is 1. The highest BCUT2D eigenvalue weighted by atomic mass is 16.5. The minimum atomic E-state index is 0.179. The number of carbonyl (C=O) groups is 1. The first-order chi connectivity index (χ1) is 14.2. The van der Waals surface area contributed by atoms with E-state index < -0.39 is 0 Å². The van der Waals surface area contributed by atoms with Crippen molar-refractivity contribution in [3.8, 4) is 17.0 Å². The number of hydrogen-bond donors (Lipinski definition) is 0. The Bertz CT molecular complexity index is 780. The Balaban J connectivity index is 1.60. The Morgan fingerprint density at radius 3 is 2.34 bits per heavy atom. The lowest BCUT2D eigenvalue weighted by molar-refractivity contribution is -0.136. The van der Waals surface area contributed by atoms with Crippen LogP contribution in [0.25, 0.3) is 11.3 Å². The lowest BCUT2D eigenvalue weighted by Crippen LogP contribution is -2.50. The van der Waals surface area contributed by atoms with E-state index in [0.29, 0.717) is 5.91 Å². The summed E-state index contributed by atoms with van der Waals surface area (Å²) in [7, 11) is 1.66. The van der Waals surface area contributed by atoms with Crippen LogP contribution < -0.4 is 9.64 Å². The van der Waals surface area contributed by atoms with Gasteiger partial charge in [0.1, 0.15) is 5.75 Å². The third-order valence-corrected chi connectivity index (χ3v) is 5.55. The Labute approximate surface area is 173 Å². The zero-order chi connectivity index (χ0) is 20.6. The predicted molar refractivity (Wildman–Crippen MR) is 116 cm³/mol. The fourth-order valence-electron chi connectivity index (χ4n) is 3.93. The molecule has 0 saturated carbocycles. The monoisotopic (exact) mass is 396 g/mol. The van der Waals surface area contributed by atoms with E-state index in [0.717, 1.165) is 74.7 Å². The van der Waals surface area contributed by atoms with Gasteiger partial charge in [-0.1, -0.05) is 38.8 Å². The molecule has 1 amide bonds. The van der Waals surface area contributed by atoms with Crippen molar-refractivity contribution in [3.63, 3.8) is 0 Å². The Morgan fingerprint density at radius 2 is 1.76 bits per heavy atom. The van der Waals surface area contributed by atoms with E-state index in [9.17, 15) is 4.79 Å². The lowest BCUT2D eigenvalue weighted by Gasteiger charge is -2.36. The summed E-state index contributed by atoms with van der Waals surface area (Å²) < 4.78 is 5.28. The molecule has 2 aromatic rings. The Morgan fingerprint density at radius 1 is 1.03 bits per heavy atom. The topological polar surface area (TPSA) is 58.6 Å². The van der Waals surface area contributed by atoms with Crippen molar-refractivity contribution >= 4 is 11.7 Å². The third kappa shape index (κ3) is 5.25. The molecule has 0 radical (unpaired) electrons. The molecular weight excluding hydrogens is 364 g/mol. The number of rotatable bonds is 8. The summed E-state index contributed by atoms with van der Waals surface area (Å²) in [5.74, 6) is 2.17. The second-order valence-corrected chi connectivity index (χ2v) is 7.60. The van der Waals surface area contributed by atoms with E-state index in [1.165, 1.54) is 0 Å². The van der Waals surface area contributed by atoms with Gasteiger partial charge in [0.05, 0.1) is 12.8 Å². The van der Waals surface area contributed by atoms with Crippen LogP contribution in [0.4, 0.5) is 5.82 Å². The number of carbonyl (C=O) groups excluding carboxylic acids is 1. The summed E-state index contributed by atoms with van der Waals surface area (Å²) in [6.07, 6.45) is 4.10. The van der Waals surface area contributed by atoms with Crippen molar-refractivity contribution in [3.05, 3.63) is 36.4 Å². The number of amides is 1. The molecule has 1 aromatic carbocycles. The molecule has 0 atom stereocenters. The van der Waals surface area contributed by atoms with Crippen LogP contribution in [0.3, 0.4) is 0 Å². The van der Waals surface area contributed by atoms with Crippen LogP contribution in [0.1, 0.15) is 39.5 Å². The number of ether oxygens (including phenoxy) is 1. The van der Waals surface area contributed by atoms with E-state index in [1.54, 1.807) is 7.11 Å². The van der Waals surface area contributed by atoms with Gasteiger partial charge in [0.2, 0.25) is 5.91 Å². The highest BCUT2D eigenvalue weighted by Crippen LogP contribution is 2.24. The number of aromatic nitrogens is 2. The first kappa shape index (κ1) is 21.1. The summed E-state index contributed by atoms with van der Waals surface area (Å²) >= 11 is 0. The molecule has 0 aliphatic carbocycles. The molecule has 6 nitrogen and oxygen atoms in total. The summed E-state index contributed by atoms with van der Waals surface area (Å²) in [6.45, 7) is 7.40. The molecule has 1 saturated heterocycles. The van der Waals surface area contributed by atoms with Gasteiger partial charge in [0.15, 0.2) is 5.82 Å². The molecule has 0 spiro atoms. The minimum absolute atomic E-state index is 0.179. The summed E-state index contributed by atoms with van der Waals surface area (Å²) in [5.41, 5.74) is 1.81. The highest BCUT2D eigenvalue weighted by Gasteiger charge is 2.27. The average molecular weight is 397 g/mol. The highest BCUT2D eigenvalue weighted by molar-refractivity contribution is 5.79. The maximum Gasteiger partial charge on any atom is 0.225 e. The normalized spacial score (nSPS) is 14.3. The minimum Gasteiger partial charge on any atom is -0.497 e. The van der Waals surface area contributed by atoms with Gasteiger partial charge in [0.25, 0.3) is 0 Å². The molecule has 29 heavy (non-hydrogen) atoms. The number of hydrogen-bond acceptors (Lipinski definition) is 5. The fraction of sp³-hybridized carbons (Fsp3) is 0.522. The Kier molecular flexibility index (Phi) is 7.44. The smallest absolute Gasteiger partial charge is 0.225 e. The first-order valence-electron chi connectivity index (χ1n) is 10.7. The van der Waals surface area contributed by atoms with Crippen LogP contribution in [0, 0.1) is 5.92 Å². The van der Waals surface area contributed by atoms with Crippen LogP contribution in [0.2, 0.25) is 0 Å². The predicted octanol–water partition coefficient (Wildman–Crippen LogP) is 4.02. The van der Waals surface area contributed by atoms with Crippen LogP contribution >= 0.6 is 0 Å². The molecule has 1 aliphatic rings. The summed E-state index contributed by atoms with van der Waals surface area (Å²) in [6, 6.07) is 11.8. The second-order valence-electron chi connectivity index (χ2n) is 7.60. The second kappa shape index (κ2) is 10.2. The van der Waals surface area contributed by atoms with Gasteiger partial charge in [-0.2, -0.15) is 0 Å². The third-order valence-electron chi connectivity index (χ3n) is 5.55. The standard InChI is InChI=1S/C23H32N4O2/c1-4-7-18(8-5-2)23(28)27-15-13-26(14-16-27)22-12-11-21(24-25-22)19-9-6-10-20(17-19)29-3/h6,9-12,17-18H,4-5,7-8,13-16H2,1-3H3. The SMILES string of the molecule is CCCC(CCC)C(=O)N1CCN(c2ccc(-c3cccc(OC)c3)nn2)CC1. The van der Waals surface area contributed by atoms with Crippen molar-refractivity contribution in [2.75, 3.05) is 38.2 Å². The van der Waals surface area contributed by atoms with Crippen LogP contribution in [-0.2, 0) is 4.79 Å².